The van der Waals surface area contributed by atoms with E-state index in [1.165, 1.54) is 39.9 Å². The lowest BCUT2D eigenvalue weighted by Gasteiger charge is -2.29. The van der Waals surface area contributed by atoms with E-state index in [1.807, 2.05) is 0 Å². The number of carbonyl (C=O) groups excluding carboxylic acids is 1. The van der Waals surface area contributed by atoms with Crippen LogP contribution in [0.25, 0.3) is 10.2 Å². The number of thiazole rings is 1. The van der Waals surface area contributed by atoms with Crippen LogP contribution in [-0.2, 0) is 10.0 Å². The molecule has 10 heteroatoms. The Morgan fingerprint density at radius 2 is 1.69 bits per heavy atom. The zero-order valence-electron chi connectivity index (χ0n) is 18.1. The Labute approximate surface area is 191 Å². The number of benzene rings is 2. The van der Waals surface area contributed by atoms with Crippen LogP contribution in [0.3, 0.4) is 0 Å². The Hall–Kier alpha value is -2.69. The number of methoxy groups -OCH3 is 2. The molecule has 0 radical (unpaired) electrons. The lowest BCUT2D eigenvalue weighted by atomic mass is 10.0. The minimum Gasteiger partial charge on any atom is -0.495 e. The molecule has 1 N–H and O–H groups in total. The number of sulfonamides is 1. The highest BCUT2D eigenvalue weighted by Gasteiger charge is 2.28. The first kappa shape index (κ1) is 22.5. The molecule has 0 atom stereocenters. The average Bonchev–Trinajstić information content (AvgIpc) is 3.22. The number of ether oxygens (including phenoxy) is 2. The number of nitrogens with zero attached hydrogens (tertiary/aromatic N) is 2. The van der Waals surface area contributed by atoms with Crippen molar-refractivity contribution in [1.29, 1.82) is 0 Å². The minimum atomic E-state index is -3.56. The van der Waals surface area contributed by atoms with Crippen molar-refractivity contribution in [3.63, 3.8) is 0 Å². The van der Waals surface area contributed by atoms with E-state index in [2.05, 4.69) is 17.2 Å². The third-order valence-electron chi connectivity index (χ3n) is 5.63. The molecule has 1 aliphatic rings. The van der Waals surface area contributed by atoms with Gasteiger partial charge in [-0.25, -0.2) is 13.4 Å². The van der Waals surface area contributed by atoms with E-state index in [9.17, 15) is 13.2 Å². The van der Waals surface area contributed by atoms with Crippen LogP contribution in [0, 0.1) is 5.92 Å². The molecular weight excluding hydrogens is 450 g/mol. The number of piperidine rings is 1. The number of hydrogen-bond acceptors (Lipinski definition) is 7. The van der Waals surface area contributed by atoms with Crippen LogP contribution in [-0.4, -0.2) is 50.9 Å². The maximum atomic E-state index is 12.9. The van der Waals surface area contributed by atoms with Crippen LogP contribution < -0.4 is 14.8 Å². The highest BCUT2D eigenvalue weighted by atomic mass is 32.2. The molecule has 1 fully saturated rings. The highest BCUT2D eigenvalue weighted by molar-refractivity contribution is 7.89. The summed E-state index contributed by atoms with van der Waals surface area (Å²) in [5, 5.41) is 3.17. The second-order valence-electron chi connectivity index (χ2n) is 7.73. The fourth-order valence-electron chi connectivity index (χ4n) is 3.66. The van der Waals surface area contributed by atoms with E-state index in [-0.39, 0.29) is 10.8 Å². The fraction of sp³-hybridized carbons (Fsp3) is 0.364. The van der Waals surface area contributed by atoms with E-state index in [4.69, 9.17) is 9.47 Å². The highest BCUT2D eigenvalue weighted by Crippen LogP contribution is 2.39. The van der Waals surface area contributed by atoms with Gasteiger partial charge in [0.1, 0.15) is 21.7 Å². The molecule has 0 bridgehead atoms. The molecule has 0 saturated carbocycles. The van der Waals surface area contributed by atoms with Crippen LogP contribution in [0.4, 0.5) is 5.13 Å². The summed E-state index contributed by atoms with van der Waals surface area (Å²) in [5.74, 6) is 1.38. The predicted molar refractivity (Wildman–Crippen MR) is 124 cm³/mol. The Morgan fingerprint density at radius 3 is 2.31 bits per heavy atom. The monoisotopic (exact) mass is 475 g/mol. The first-order chi connectivity index (χ1) is 15.3. The van der Waals surface area contributed by atoms with Gasteiger partial charge in [-0.3, -0.25) is 10.1 Å². The molecule has 170 valence electrons. The SMILES string of the molecule is COc1ccc(OC)c2sc(NC(=O)c3ccc(S(=O)(=O)N4CCC(C)CC4)cc3)nc12. The summed E-state index contributed by atoms with van der Waals surface area (Å²) in [4.78, 5) is 17.4. The molecule has 1 aliphatic heterocycles. The van der Waals surface area contributed by atoms with Gasteiger partial charge in [0.25, 0.3) is 5.91 Å². The van der Waals surface area contributed by atoms with Crippen molar-refractivity contribution in [2.45, 2.75) is 24.7 Å². The van der Waals surface area contributed by atoms with Crippen molar-refractivity contribution in [1.82, 2.24) is 9.29 Å². The van der Waals surface area contributed by atoms with E-state index in [0.717, 1.165) is 17.5 Å². The summed E-state index contributed by atoms with van der Waals surface area (Å²) in [6.45, 7) is 3.18. The number of rotatable bonds is 6. The number of hydrogen-bond donors (Lipinski definition) is 1. The minimum absolute atomic E-state index is 0.193. The van der Waals surface area contributed by atoms with Crippen molar-refractivity contribution in [2.75, 3.05) is 32.6 Å². The molecule has 3 aromatic rings. The Bertz CT molecular complexity index is 1190. The Morgan fingerprint density at radius 1 is 1.06 bits per heavy atom. The van der Waals surface area contributed by atoms with Crippen molar-refractivity contribution in [2.24, 2.45) is 5.92 Å². The second-order valence-corrected chi connectivity index (χ2v) is 10.7. The van der Waals surface area contributed by atoms with Gasteiger partial charge in [0.05, 0.1) is 19.1 Å². The van der Waals surface area contributed by atoms with Crippen molar-refractivity contribution >= 4 is 42.6 Å². The van der Waals surface area contributed by atoms with Crippen LogP contribution in [0.2, 0.25) is 0 Å². The van der Waals surface area contributed by atoms with Gasteiger partial charge < -0.3 is 9.47 Å². The first-order valence-electron chi connectivity index (χ1n) is 10.3. The van der Waals surface area contributed by atoms with Crippen molar-refractivity contribution in [3.05, 3.63) is 42.0 Å². The second kappa shape index (κ2) is 9.05. The predicted octanol–water partition coefficient (Wildman–Crippen LogP) is 3.99. The van der Waals surface area contributed by atoms with Gasteiger partial charge in [-0.1, -0.05) is 18.3 Å². The topological polar surface area (TPSA) is 97.8 Å². The van der Waals surface area contributed by atoms with Gasteiger partial charge in [0, 0.05) is 18.7 Å². The standard InChI is InChI=1S/C22H25N3O5S2/c1-14-10-12-25(13-11-14)32(27,28)16-6-4-15(5-7-16)21(26)24-22-23-19-17(29-2)8-9-18(30-3)20(19)31-22/h4-9,14H,10-13H2,1-3H3,(H,23,24,26). The maximum absolute atomic E-state index is 12.9. The lowest BCUT2D eigenvalue weighted by molar-refractivity contribution is 0.102. The molecule has 4 rings (SSSR count). The Kier molecular flexibility index (Phi) is 6.36. The van der Waals surface area contributed by atoms with Gasteiger partial charge in [-0.05, 0) is 55.2 Å². The molecule has 0 spiro atoms. The van der Waals surface area contributed by atoms with Crippen LogP contribution in [0.15, 0.2) is 41.3 Å². The van der Waals surface area contributed by atoms with E-state index >= 15 is 0 Å². The summed E-state index contributed by atoms with van der Waals surface area (Å²) < 4.78 is 38.8. The largest absolute Gasteiger partial charge is 0.495 e. The number of carbonyl (C=O) groups is 1. The van der Waals surface area contributed by atoms with Crippen molar-refractivity contribution in [3.8, 4) is 11.5 Å². The van der Waals surface area contributed by atoms with Gasteiger partial charge in [0.2, 0.25) is 10.0 Å². The number of anilines is 1. The van der Waals surface area contributed by atoms with Gasteiger partial charge in [-0.2, -0.15) is 4.31 Å². The molecule has 8 nitrogen and oxygen atoms in total. The molecule has 2 heterocycles. The quantitative estimate of drug-likeness (QED) is 0.579. The molecule has 1 aromatic heterocycles. The zero-order valence-corrected chi connectivity index (χ0v) is 19.8. The summed E-state index contributed by atoms with van der Waals surface area (Å²) in [6.07, 6.45) is 1.72. The maximum Gasteiger partial charge on any atom is 0.257 e. The zero-order chi connectivity index (χ0) is 22.9. The van der Waals surface area contributed by atoms with Gasteiger partial charge >= 0.3 is 0 Å². The molecule has 32 heavy (non-hydrogen) atoms. The Balaban J connectivity index is 1.52. The summed E-state index contributed by atoms with van der Waals surface area (Å²) in [5.41, 5.74) is 0.943. The van der Waals surface area contributed by atoms with E-state index < -0.39 is 10.0 Å². The van der Waals surface area contributed by atoms with E-state index in [1.54, 1.807) is 26.4 Å². The molecule has 1 amide bonds. The average molecular weight is 476 g/mol. The first-order valence-corrected chi connectivity index (χ1v) is 12.5. The smallest absolute Gasteiger partial charge is 0.257 e. The lowest BCUT2D eigenvalue weighted by Crippen LogP contribution is -2.37. The third-order valence-corrected chi connectivity index (χ3v) is 8.53. The van der Waals surface area contributed by atoms with E-state index in [0.29, 0.717) is 46.7 Å². The van der Waals surface area contributed by atoms with Crippen LogP contribution in [0.5, 0.6) is 11.5 Å². The number of nitrogens with one attached hydrogen (secondary N) is 1. The molecule has 2 aromatic carbocycles. The fourth-order valence-corrected chi connectivity index (χ4v) is 6.10. The molecule has 0 unspecified atom stereocenters. The van der Waals surface area contributed by atoms with Crippen molar-refractivity contribution < 1.29 is 22.7 Å². The normalized spacial score (nSPS) is 15.6. The van der Waals surface area contributed by atoms with Crippen LogP contribution >= 0.6 is 11.3 Å². The molecule has 1 saturated heterocycles. The van der Waals surface area contributed by atoms with Gasteiger partial charge in [0.15, 0.2) is 5.13 Å². The number of fused-ring (bicyclic) bond motifs is 1. The van der Waals surface area contributed by atoms with Gasteiger partial charge in [-0.15, -0.1) is 0 Å². The summed E-state index contributed by atoms with van der Waals surface area (Å²) in [7, 11) is -0.433. The molecular formula is C22H25N3O5S2. The number of amides is 1. The third kappa shape index (κ3) is 4.30. The number of aromatic nitrogens is 1. The van der Waals surface area contributed by atoms with Crippen LogP contribution in [0.1, 0.15) is 30.1 Å². The summed E-state index contributed by atoms with van der Waals surface area (Å²) in [6, 6.07) is 9.54. The molecule has 0 aliphatic carbocycles. The summed E-state index contributed by atoms with van der Waals surface area (Å²) >= 11 is 1.28.